The predicted molar refractivity (Wildman–Crippen MR) is 86.0 cm³/mol. The number of amides is 1. The number of carbonyl (C=O) groups excluding carboxylic acids is 1. The SMILES string of the molecule is Cc1noc(C)c1COc1ccc(CC(=O)NC(CF)C(=O)O)cc1. The van der Waals surface area contributed by atoms with Crippen molar-refractivity contribution < 1.29 is 28.3 Å². The largest absolute Gasteiger partial charge is 0.489 e. The molecule has 0 aliphatic rings. The van der Waals surface area contributed by atoms with E-state index >= 15 is 0 Å². The number of carbonyl (C=O) groups is 2. The number of carboxylic acids is 1. The quantitative estimate of drug-likeness (QED) is 0.754. The second kappa shape index (κ2) is 8.27. The summed E-state index contributed by atoms with van der Waals surface area (Å²) in [7, 11) is 0. The summed E-state index contributed by atoms with van der Waals surface area (Å²) in [5.41, 5.74) is 2.31. The molecule has 1 amide bonds. The fraction of sp³-hybridized carbons (Fsp3) is 0.353. The molecule has 134 valence electrons. The summed E-state index contributed by atoms with van der Waals surface area (Å²) >= 11 is 0. The zero-order chi connectivity index (χ0) is 18.4. The van der Waals surface area contributed by atoms with Gasteiger partial charge in [-0.05, 0) is 31.5 Å². The fourth-order valence-corrected chi connectivity index (χ4v) is 2.16. The van der Waals surface area contributed by atoms with Crippen LogP contribution in [0.25, 0.3) is 0 Å². The third kappa shape index (κ3) is 5.03. The first-order chi connectivity index (χ1) is 11.9. The molecule has 1 heterocycles. The van der Waals surface area contributed by atoms with Gasteiger partial charge in [-0.15, -0.1) is 0 Å². The summed E-state index contributed by atoms with van der Waals surface area (Å²) in [5.74, 6) is -0.656. The standard InChI is InChI=1S/C17H19FN2O5/c1-10-14(11(2)25-20-10)9-24-13-5-3-12(4-6-13)7-16(21)19-15(8-18)17(22)23/h3-6,15H,7-9H2,1-2H3,(H,19,21)(H,22,23). The van der Waals surface area contributed by atoms with Crippen LogP contribution < -0.4 is 10.1 Å². The maximum atomic E-state index is 12.5. The van der Waals surface area contributed by atoms with Gasteiger partial charge in [0.25, 0.3) is 0 Å². The van der Waals surface area contributed by atoms with Gasteiger partial charge in [-0.2, -0.15) is 0 Å². The van der Waals surface area contributed by atoms with Gasteiger partial charge in [-0.25, -0.2) is 9.18 Å². The van der Waals surface area contributed by atoms with Crippen LogP contribution in [0.5, 0.6) is 5.75 Å². The van der Waals surface area contributed by atoms with E-state index in [-0.39, 0.29) is 6.42 Å². The summed E-state index contributed by atoms with van der Waals surface area (Å²) in [5, 5.41) is 14.7. The van der Waals surface area contributed by atoms with Crippen molar-refractivity contribution in [2.24, 2.45) is 0 Å². The van der Waals surface area contributed by atoms with Crippen LogP contribution in [0.1, 0.15) is 22.6 Å². The third-order valence-corrected chi connectivity index (χ3v) is 3.64. The summed E-state index contributed by atoms with van der Waals surface area (Å²) in [6, 6.07) is 5.25. The first-order valence-corrected chi connectivity index (χ1v) is 7.62. The van der Waals surface area contributed by atoms with Gasteiger partial charge in [0.15, 0.2) is 6.04 Å². The minimum absolute atomic E-state index is 0.0477. The number of hydrogen-bond donors (Lipinski definition) is 2. The lowest BCUT2D eigenvalue weighted by atomic mass is 10.1. The van der Waals surface area contributed by atoms with E-state index in [9.17, 15) is 14.0 Å². The molecule has 0 aliphatic carbocycles. The molecule has 0 radical (unpaired) electrons. The Bertz CT molecular complexity index is 722. The molecule has 0 fully saturated rings. The lowest BCUT2D eigenvalue weighted by molar-refractivity contribution is -0.142. The molecule has 0 spiro atoms. The molecule has 1 aromatic heterocycles. The maximum absolute atomic E-state index is 12.5. The lowest BCUT2D eigenvalue weighted by Crippen LogP contribution is -2.42. The van der Waals surface area contributed by atoms with E-state index in [0.29, 0.717) is 23.7 Å². The number of aliphatic carboxylic acids is 1. The lowest BCUT2D eigenvalue weighted by Gasteiger charge is -2.11. The first kappa shape index (κ1) is 18.4. The highest BCUT2D eigenvalue weighted by Gasteiger charge is 2.19. The molecule has 0 bridgehead atoms. The highest BCUT2D eigenvalue weighted by Crippen LogP contribution is 2.18. The third-order valence-electron chi connectivity index (χ3n) is 3.64. The number of nitrogens with zero attached hydrogens (tertiary/aromatic N) is 1. The minimum atomic E-state index is -1.52. The summed E-state index contributed by atoms with van der Waals surface area (Å²) in [4.78, 5) is 22.4. The Hall–Kier alpha value is -2.90. The van der Waals surface area contributed by atoms with Crippen LogP contribution in [0.2, 0.25) is 0 Å². The predicted octanol–water partition coefficient (Wildman–Crippen LogP) is 1.95. The van der Waals surface area contributed by atoms with Crippen molar-refractivity contribution in [3.05, 3.63) is 46.8 Å². The van der Waals surface area contributed by atoms with Crippen LogP contribution in [0.15, 0.2) is 28.8 Å². The molecule has 1 atom stereocenters. The Labute approximate surface area is 143 Å². The molecule has 0 aliphatic heterocycles. The molecule has 8 heteroatoms. The van der Waals surface area contributed by atoms with E-state index < -0.39 is 24.6 Å². The highest BCUT2D eigenvalue weighted by molar-refractivity contribution is 5.84. The van der Waals surface area contributed by atoms with E-state index in [1.807, 2.05) is 13.8 Å². The van der Waals surface area contributed by atoms with Crippen molar-refractivity contribution in [2.45, 2.75) is 32.9 Å². The van der Waals surface area contributed by atoms with Crippen LogP contribution >= 0.6 is 0 Å². The van der Waals surface area contributed by atoms with Crippen molar-refractivity contribution in [2.75, 3.05) is 6.67 Å². The number of hydrogen-bond acceptors (Lipinski definition) is 5. The maximum Gasteiger partial charge on any atom is 0.328 e. The van der Waals surface area contributed by atoms with Gasteiger partial charge >= 0.3 is 5.97 Å². The topological polar surface area (TPSA) is 102 Å². The van der Waals surface area contributed by atoms with E-state index in [2.05, 4.69) is 10.5 Å². The molecule has 25 heavy (non-hydrogen) atoms. The molecule has 1 unspecified atom stereocenters. The molecule has 2 rings (SSSR count). The number of alkyl halides is 1. The van der Waals surface area contributed by atoms with Crippen molar-refractivity contribution in [3.63, 3.8) is 0 Å². The molecular formula is C17H19FN2O5. The van der Waals surface area contributed by atoms with Crippen LogP contribution in [0.3, 0.4) is 0 Å². The second-order valence-corrected chi connectivity index (χ2v) is 5.52. The number of ether oxygens (including phenoxy) is 1. The highest BCUT2D eigenvalue weighted by atomic mass is 19.1. The molecule has 1 aromatic carbocycles. The Balaban J connectivity index is 1.89. The summed E-state index contributed by atoms with van der Waals surface area (Å²) in [6.07, 6.45) is -0.0477. The summed E-state index contributed by atoms with van der Waals surface area (Å²) in [6.45, 7) is 2.80. The van der Waals surface area contributed by atoms with E-state index in [1.54, 1.807) is 24.3 Å². The van der Waals surface area contributed by atoms with Gasteiger partial charge in [0, 0.05) is 0 Å². The Morgan fingerprint density at radius 3 is 2.52 bits per heavy atom. The molecular weight excluding hydrogens is 331 g/mol. The van der Waals surface area contributed by atoms with Crippen molar-refractivity contribution in [1.82, 2.24) is 10.5 Å². The van der Waals surface area contributed by atoms with E-state index in [0.717, 1.165) is 11.3 Å². The Morgan fingerprint density at radius 2 is 2.00 bits per heavy atom. The smallest absolute Gasteiger partial charge is 0.328 e. The van der Waals surface area contributed by atoms with Gasteiger partial charge in [0.2, 0.25) is 5.91 Å². The van der Waals surface area contributed by atoms with Gasteiger partial charge < -0.3 is 19.7 Å². The Kier molecular flexibility index (Phi) is 6.10. The molecule has 7 nitrogen and oxygen atoms in total. The van der Waals surface area contributed by atoms with Gasteiger partial charge in [0.05, 0.1) is 17.7 Å². The van der Waals surface area contributed by atoms with E-state index in [4.69, 9.17) is 14.4 Å². The number of halogens is 1. The number of carboxylic acid groups (broad SMARTS) is 1. The first-order valence-electron chi connectivity index (χ1n) is 7.62. The summed E-state index contributed by atoms with van der Waals surface area (Å²) < 4.78 is 23.2. The van der Waals surface area contributed by atoms with Gasteiger partial charge in [0.1, 0.15) is 24.8 Å². The number of aryl methyl sites for hydroxylation is 2. The minimum Gasteiger partial charge on any atom is -0.489 e. The molecule has 0 saturated carbocycles. The van der Waals surface area contributed by atoms with Crippen LogP contribution in [-0.4, -0.2) is 34.9 Å². The van der Waals surface area contributed by atoms with Crippen LogP contribution in [-0.2, 0) is 22.6 Å². The average Bonchev–Trinajstić information content (AvgIpc) is 2.90. The molecule has 2 aromatic rings. The second-order valence-electron chi connectivity index (χ2n) is 5.52. The van der Waals surface area contributed by atoms with Crippen LogP contribution in [0.4, 0.5) is 4.39 Å². The number of rotatable bonds is 8. The number of benzene rings is 1. The van der Waals surface area contributed by atoms with Gasteiger partial charge in [-0.3, -0.25) is 4.79 Å². The number of nitrogens with one attached hydrogen (secondary N) is 1. The Morgan fingerprint density at radius 1 is 1.32 bits per heavy atom. The van der Waals surface area contributed by atoms with Crippen molar-refractivity contribution in [1.29, 1.82) is 0 Å². The van der Waals surface area contributed by atoms with Gasteiger partial charge in [-0.1, -0.05) is 17.3 Å². The fourth-order valence-electron chi connectivity index (χ4n) is 2.16. The monoisotopic (exact) mass is 350 g/mol. The van der Waals surface area contributed by atoms with Crippen LogP contribution in [0, 0.1) is 13.8 Å². The normalized spacial score (nSPS) is 11.8. The van der Waals surface area contributed by atoms with E-state index in [1.165, 1.54) is 0 Å². The zero-order valence-corrected chi connectivity index (χ0v) is 13.9. The van der Waals surface area contributed by atoms with Crippen molar-refractivity contribution >= 4 is 11.9 Å². The average molecular weight is 350 g/mol. The zero-order valence-electron chi connectivity index (χ0n) is 13.9. The van der Waals surface area contributed by atoms with Crippen molar-refractivity contribution in [3.8, 4) is 5.75 Å². The molecule has 0 saturated heterocycles. The number of aromatic nitrogens is 1. The molecule has 2 N–H and O–H groups in total.